The number of thioether (sulfide) groups is 1. The lowest BCUT2D eigenvalue weighted by molar-refractivity contribution is 0.391. The van der Waals surface area contributed by atoms with Gasteiger partial charge in [0.25, 0.3) is 0 Å². The van der Waals surface area contributed by atoms with Gasteiger partial charge in [0, 0.05) is 11.0 Å². The Bertz CT molecular complexity index is 450. The van der Waals surface area contributed by atoms with Crippen molar-refractivity contribution in [3.63, 3.8) is 0 Å². The maximum atomic E-state index is 5.14. The molecule has 2 aromatic rings. The fourth-order valence-electron chi connectivity index (χ4n) is 1.31. The third kappa shape index (κ3) is 2.79. The molecule has 1 aromatic heterocycles. The zero-order valence-electron chi connectivity index (χ0n) is 9.27. The Labute approximate surface area is 98.8 Å². The molecule has 0 saturated carbocycles. The highest BCUT2D eigenvalue weighted by Crippen LogP contribution is 2.24. The van der Waals surface area contributed by atoms with Crippen molar-refractivity contribution in [3.05, 3.63) is 41.8 Å². The Balaban J connectivity index is 1.94. The summed E-state index contributed by atoms with van der Waals surface area (Å²) in [5.74, 6) is 2.57. The molecule has 3 nitrogen and oxygen atoms in total. The molecule has 0 unspecified atom stereocenters. The third-order valence-corrected chi connectivity index (χ3v) is 3.15. The monoisotopic (exact) mass is 235 g/mol. The van der Waals surface area contributed by atoms with Crippen LogP contribution < -0.4 is 4.74 Å². The molecule has 0 N–H and O–H groups in total. The third-order valence-electron chi connectivity index (χ3n) is 2.12. The predicted molar refractivity (Wildman–Crippen MR) is 63.8 cm³/mol. The summed E-state index contributed by atoms with van der Waals surface area (Å²) in [6, 6.07) is 9.93. The number of aromatic nitrogens is 1. The Hall–Kier alpha value is -1.42. The molecule has 0 aliphatic heterocycles. The first-order chi connectivity index (χ1) is 7.78. The van der Waals surface area contributed by atoms with Crippen molar-refractivity contribution in [2.24, 2.45) is 0 Å². The summed E-state index contributed by atoms with van der Waals surface area (Å²) in [6.07, 6.45) is 0. The van der Waals surface area contributed by atoms with Crippen LogP contribution in [0.3, 0.4) is 0 Å². The highest BCUT2D eigenvalue weighted by Gasteiger charge is 2.02. The number of nitrogens with zero attached hydrogens (tertiary/aromatic N) is 1. The van der Waals surface area contributed by atoms with Crippen LogP contribution in [0.25, 0.3) is 0 Å². The Morgan fingerprint density at radius 3 is 2.62 bits per heavy atom. The molecule has 0 aliphatic rings. The van der Waals surface area contributed by atoms with E-state index in [1.165, 1.54) is 4.90 Å². The van der Waals surface area contributed by atoms with Crippen LogP contribution in [0.4, 0.5) is 0 Å². The van der Waals surface area contributed by atoms with Gasteiger partial charge in [-0.25, -0.2) is 0 Å². The second-order valence-corrected chi connectivity index (χ2v) is 4.45. The van der Waals surface area contributed by atoms with Crippen molar-refractivity contribution in [1.29, 1.82) is 0 Å². The average Bonchev–Trinajstić information content (AvgIpc) is 2.73. The summed E-state index contributed by atoms with van der Waals surface area (Å²) in [7, 11) is 1.67. The molecule has 0 amide bonds. The largest absolute Gasteiger partial charge is 0.497 e. The molecule has 0 atom stereocenters. The van der Waals surface area contributed by atoms with Crippen LogP contribution in [0.15, 0.2) is 39.8 Å². The fourth-order valence-corrected chi connectivity index (χ4v) is 2.08. The highest BCUT2D eigenvalue weighted by molar-refractivity contribution is 7.98. The molecule has 1 aromatic carbocycles. The molecule has 0 bridgehead atoms. The number of aryl methyl sites for hydroxylation is 1. The van der Waals surface area contributed by atoms with E-state index >= 15 is 0 Å². The van der Waals surface area contributed by atoms with Crippen LogP contribution in [0, 0.1) is 6.92 Å². The minimum Gasteiger partial charge on any atom is -0.497 e. The predicted octanol–water partition coefficient (Wildman–Crippen LogP) is 3.28. The molecule has 16 heavy (non-hydrogen) atoms. The van der Waals surface area contributed by atoms with Crippen LogP contribution >= 0.6 is 11.8 Å². The summed E-state index contributed by atoms with van der Waals surface area (Å²) in [6.45, 7) is 1.92. The molecule has 0 aliphatic carbocycles. The van der Waals surface area contributed by atoms with Crippen LogP contribution in [0.2, 0.25) is 0 Å². The first kappa shape index (κ1) is 11.1. The normalized spacial score (nSPS) is 10.4. The smallest absolute Gasteiger partial charge is 0.147 e. The second-order valence-electron chi connectivity index (χ2n) is 3.40. The lowest BCUT2D eigenvalue weighted by atomic mass is 10.3. The fraction of sp³-hybridized carbons (Fsp3) is 0.250. The maximum absolute atomic E-state index is 5.14. The van der Waals surface area contributed by atoms with E-state index in [9.17, 15) is 0 Å². The zero-order chi connectivity index (χ0) is 11.4. The van der Waals surface area contributed by atoms with Gasteiger partial charge >= 0.3 is 0 Å². The number of hydrogen-bond donors (Lipinski definition) is 0. The summed E-state index contributed by atoms with van der Waals surface area (Å²) in [4.78, 5) is 1.19. The van der Waals surface area contributed by atoms with Crippen LogP contribution in [0.5, 0.6) is 5.75 Å². The summed E-state index contributed by atoms with van der Waals surface area (Å²) < 4.78 is 10.2. The van der Waals surface area contributed by atoms with Crippen molar-refractivity contribution in [2.75, 3.05) is 7.11 Å². The van der Waals surface area contributed by atoms with Gasteiger partial charge in [0.05, 0.1) is 18.6 Å². The van der Waals surface area contributed by atoms with Gasteiger partial charge in [-0.3, -0.25) is 0 Å². The quantitative estimate of drug-likeness (QED) is 0.762. The number of benzene rings is 1. The first-order valence-electron chi connectivity index (χ1n) is 4.97. The van der Waals surface area contributed by atoms with E-state index in [2.05, 4.69) is 5.16 Å². The summed E-state index contributed by atoms with van der Waals surface area (Å²) >= 11 is 1.72. The van der Waals surface area contributed by atoms with Gasteiger partial charge in [0.1, 0.15) is 11.5 Å². The van der Waals surface area contributed by atoms with E-state index in [4.69, 9.17) is 9.26 Å². The van der Waals surface area contributed by atoms with Crippen molar-refractivity contribution in [1.82, 2.24) is 5.16 Å². The Morgan fingerprint density at radius 1 is 1.31 bits per heavy atom. The Kier molecular flexibility index (Phi) is 3.51. The molecule has 4 heteroatoms. The molecule has 0 radical (unpaired) electrons. The molecule has 0 spiro atoms. The molecule has 1 heterocycles. The van der Waals surface area contributed by atoms with E-state index in [1.54, 1.807) is 18.9 Å². The second kappa shape index (κ2) is 5.07. The van der Waals surface area contributed by atoms with Crippen molar-refractivity contribution >= 4 is 11.8 Å². The zero-order valence-corrected chi connectivity index (χ0v) is 10.1. The van der Waals surface area contributed by atoms with E-state index in [1.807, 2.05) is 37.3 Å². The molecule has 84 valence electrons. The van der Waals surface area contributed by atoms with Gasteiger partial charge in [0.15, 0.2) is 0 Å². The van der Waals surface area contributed by atoms with E-state index in [0.717, 1.165) is 23.0 Å². The van der Waals surface area contributed by atoms with Crippen molar-refractivity contribution < 1.29 is 9.26 Å². The van der Waals surface area contributed by atoms with Gasteiger partial charge < -0.3 is 9.26 Å². The summed E-state index contributed by atoms with van der Waals surface area (Å²) in [5, 5.41) is 3.85. The molecule has 0 fully saturated rings. The number of methoxy groups -OCH3 is 1. The molecule has 2 rings (SSSR count). The van der Waals surface area contributed by atoms with E-state index in [0.29, 0.717) is 0 Å². The van der Waals surface area contributed by atoms with E-state index < -0.39 is 0 Å². The topological polar surface area (TPSA) is 35.3 Å². The molecular weight excluding hydrogens is 222 g/mol. The molecule has 0 saturated heterocycles. The number of rotatable bonds is 4. The minimum atomic E-state index is 0.799. The SMILES string of the molecule is COc1ccc(SCc2cc(C)no2)cc1. The summed E-state index contributed by atoms with van der Waals surface area (Å²) in [5.41, 5.74) is 0.922. The number of hydrogen-bond acceptors (Lipinski definition) is 4. The van der Waals surface area contributed by atoms with Crippen LogP contribution in [-0.4, -0.2) is 12.3 Å². The van der Waals surface area contributed by atoms with E-state index in [-0.39, 0.29) is 0 Å². The maximum Gasteiger partial charge on any atom is 0.147 e. The Morgan fingerprint density at radius 2 is 2.06 bits per heavy atom. The minimum absolute atomic E-state index is 0.799. The lowest BCUT2D eigenvalue weighted by Crippen LogP contribution is -1.81. The van der Waals surface area contributed by atoms with Gasteiger partial charge in [-0.2, -0.15) is 0 Å². The van der Waals surface area contributed by atoms with Gasteiger partial charge in [-0.05, 0) is 31.2 Å². The van der Waals surface area contributed by atoms with Gasteiger partial charge in [0.2, 0.25) is 0 Å². The standard InChI is InChI=1S/C12H13NO2S/c1-9-7-11(15-13-9)8-16-12-5-3-10(14-2)4-6-12/h3-7H,8H2,1-2H3. The first-order valence-corrected chi connectivity index (χ1v) is 5.95. The van der Waals surface area contributed by atoms with Crippen LogP contribution in [0.1, 0.15) is 11.5 Å². The lowest BCUT2D eigenvalue weighted by Gasteiger charge is -2.01. The van der Waals surface area contributed by atoms with Crippen LogP contribution in [-0.2, 0) is 5.75 Å². The van der Waals surface area contributed by atoms with Gasteiger partial charge in [-0.15, -0.1) is 11.8 Å². The van der Waals surface area contributed by atoms with Crippen molar-refractivity contribution in [2.45, 2.75) is 17.6 Å². The van der Waals surface area contributed by atoms with Crippen molar-refractivity contribution in [3.8, 4) is 5.75 Å². The average molecular weight is 235 g/mol. The highest BCUT2D eigenvalue weighted by atomic mass is 32.2. The molecular formula is C12H13NO2S. The number of ether oxygens (including phenoxy) is 1. The van der Waals surface area contributed by atoms with Gasteiger partial charge in [-0.1, -0.05) is 5.16 Å².